The summed E-state index contributed by atoms with van der Waals surface area (Å²) in [5.74, 6) is 3.77. The Morgan fingerprint density at radius 1 is 1.05 bits per heavy atom. The predicted octanol–water partition coefficient (Wildman–Crippen LogP) is 5.25. The van der Waals surface area contributed by atoms with Crippen LogP contribution in [0.3, 0.4) is 0 Å². The third kappa shape index (κ3) is 6.79. The molecule has 1 N–H and O–H groups in total. The van der Waals surface area contributed by atoms with Crippen molar-refractivity contribution in [3.8, 4) is 0 Å². The van der Waals surface area contributed by atoms with Crippen LogP contribution < -0.4 is 5.32 Å². The highest BCUT2D eigenvalue weighted by molar-refractivity contribution is 4.81. The highest BCUT2D eigenvalue weighted by atomic mass is 14.9. The van der Waals surface area contributed by atoms with Gasteiger partial charge in [-0.3, -0.25) is 0 Å². The van der Waals surface area contributed by atoms with E-state index in [0.717, 1.165) is 23.7 Å². The molecule has 1 nitrogen and oxygen atoms in total. The lowest BCUT2D eigenvalue weighted by atomic mass is 9.71. The van der Waals surface area contributed by atoms with E-state index in [1.807, 2.05) is 0 Å². The minimum Gasteiger partial charge on any atom is -0.316 e. The first-order valence-corrected chi connectivity index (χ1v) is 8.88. The average Bonchev–Trinajstić information content (AvgIpc) is 2.40. The molecule has 0 aromatic heterocycles. The van der Waals surface area contributed by atoms with Gasteiger partial charge in [-0.2, -0.15) is 0 Å². The molecular formula is C18H37N. The van der Waals surface area contributed by atoms with E-state index in [9.17, 15) is 0 Å². The molecule has 3 unspecified atom stereocenters. The number of unbranched alkanes of at least 4 members (excludes halogenated alkanes) is 2. The second kappa shape index (κ2) is 9.80. The summed E-state index contributed by atoms with van der Waals surface area (Å²) in [4.78, 5) is 0. The molecule has 0 bridgehead atoms. The lowest BCUT2D eigenvalue weighted by Crippen LogP contribution is -2.34. The molecule has 0 spiro atoms. The first-order valence-electron chi connectivity index (χ1n) is 8.88. The first-order chi connectivity index (χ1) is 9.17. The van der Waals surface area contributed by atoms with Crippen molar-refractivity contribution in [2.24, 2.45) is 23.7 Å². The lowest BCUT2D eigenvalue weighted by Gasteiger charge is -2.36. The maximum atomic E-state index is 3.71. The van der Waals surface area contributed by atoms with Gasteiger partial charge in [-0.15, -0.1) is 0 Å². The van der Waals surface area contributed by atoms with Gasteiger partial charge in [-0.25, -0.2) is 0 Å². The molecule has 0 amide bonds. The predicted molar refractivity (Wildman–Crippen MR) is 86.5 cm³/mol. The van der Waals surface area contributed by atoms with E-state index in [1.165, 1.54) is 64.5 Å². The molecule has 1 saturated carbocycles. The standard InChI is InChI=1S/C18H37N/c1-5-7-8-9-17-12-16(6-2)10-11-18(17)14-19-13-15(3)4/h15-19H,5-14H2,1-4H3. The van der Waals surface area contributed by atoms with Crippen LogP contribution in [0.15, 0.2) is 0 Å². The van der Waals surface area contributed by atoms with Crippen molar-refractivity contribution in [1.82, 2.24) is 5.32 Å². The Hall–Kier alpha value is -0.0400. The minimum absolute atomic E-state index is 0.783. The second-order valence-corrected chi connectivity index (χ2v) is 7.16. The van der Waals surface area contributed by atoms with Crippen molar-refractivity contribution in [2.75, 3.05) is 13.1 Å². The van der Waals surface area contributed by atoms with E-state index in [2.05, 4.69) is 33.0 Å². The zero-order valence-corrected chi connectivity index (χ0v) is 13.9. The smallest absolute Gasteiger partial charge is 0.00178 e. The number of rotatable bonds is 9. The number of hydrogen-bond acceptors (Lipinski definition) is 1. The van der Waals surface area contributed by atoms with Crippen LogP contribution in [0.2, 0.25) is 0 Å². The van der Waals surface area contributed by atoms with Crippen molar-refractivity contribution < 1.29 is 0 Å². The summed E-state index contributed by atoms with van der Waals surface area (Å²) in [5.41, 5.74) is 0. The highest BCUT2D eigenvalue weighted by Crippen LogP contribution is 2.38. The Morgan fingerprint density at radius 3 is 2.47 bits per heavy atom. The van der Waals surface area contributed by atoms with E-state index in [1.54, 1.807) is 0 Å². The Kier molecular flexibility index (Phi) is 8.77. The summed E-state index contributed by atoms with van der Waals surface area (Å²) in [6.45, 7) is 11.8. The fourth-order valence-corrected chi connectivity index (χ4v) is 3.63. The fourth-order valence-electron chi connectivity index (χ4n) is 3.63. The molecule has 1 aliphatic rings. The molecule has 0 aromatic carbocycles. The van der Waals surface area contributed by atoms with Gasteiger partial charge in [0, 0.05) is 0 Å². The van der Waals surface area contributed by atoms with Crippen LogP contribution in [0.4, 0.5) is 0 Å². The van der Waals surface area contributed by atoms with Gasteiger partial charge in [0.25, 0.3) is 0 Å². The third-order valence-corrected chi connectivity index (χ3v) is 4.96. The van der Waals surface area contributed by atoms with E-state index in [0.29, 0.717) is 0 Å². The van der Waals surface area contributed by atoms with Crippen molar-refractivity contribution in [2.45, 2.75) is 79.1 Å². The largest absolute Gasteiger partial charge is 0.316 e. The Balaban J connectivity index is 2.36. The normalized spacial score (nSPS) is 27.9. The van der Waals surface area contributed by atoms with Gasteiger partial charge in [0.05, 0.1) is 0 Å². The third-order valence-electron chi connectivity index (χ3n) is 4.96. The maximum absolute atomic E-state index is 3.71. The number of hydrogen-bond donors (Lipinski definition) is 1. The lowest BCUT2D eigenvalue weighted by molar-refractivity contribution is 0.159. The summed E-state index contributed by atoms with van der Waals surface area (Å²) in [7, 11) is 0. The highest BCUT2D eigenvalue weighted by Gasteiger charge is 2.28. The minimum atomic E-state index is 0.783. The molecule has 114 valence electrons. The van der Waals surface area contributed by atoms with Gasteiger partial charge in [-0.05, 0) is 49.6 Å². The van der Waals surface area contributed by atoms with Crippen LogP contribution in [-0.2, 0) is 0 Å². The quantitative estimate of drug-likeness (QED) is 0.562. The molecule has 1 fully saturated rings. The summed E-state index contributed by atoms with van der Waals surface area (Å²) in [5, 5.41) is 3.71. The molecule has 0 aliphatic heterocycles. The summed E-state index contributed by atoms with van der Waals surface area (Å²) < 4.78 is 0. The van der Waals surface area contributed by atoms with Gasteiger partial charge >= 0.3 is 0 Å². The fraction of sp³-hybridized carbons (Fsp3) is 1.00. The molecule has 0 aromatic rings. The molecule has 19 heavy (non-hydrogen) atoms. The summed E-state index contributed by atoms with van der Waals surface area (Å²) in [6.07, 6.45) is 11.6. The van der Waals surface area contributed by atoms with E-state index in [-0.39, 0.29) is 0 Å². The maximum Gasteiger partial charge on any atom is -0.00178 e. The molecule has 0 saturated heterocycles. The Labute approximate surface area is 121 Å². The number of nitrogens with one attached hydrogen (secondary N) is 1. The molecular weight excluding hydrogens is 230 g/mol. The van der Waals surface area contributed by atoms with Crippen molar-refractivity contribution in [1.29, 1.82) is 0 Å². The molecule has 1 rings (SSSR count). The van der Waals surface area contributed by atoms with E-state index in [4.69, 9.17) is 0 Å². The van der Waals surface area contributed by atoms with Gasteiger partial charge in [0.15, 0.2) is 0 Å². The average molecular weight is 268 g/mol. The molecule has 1 aliphatic carbocycles. The van der Waals surface area contributed by atoms with Crippen LogP contribution in [0.5, 0.6) is 0 Å². The first kappa shape index (κ1) is 17.0. The van der Waals surface area contributed by atoms with Gasteiger partial charge in [-0.1, -0.05) is 66.2 Å². The van der Waals surface area contributed by atoms with Crippen LogP contribution >= 0.6 is 0 Å². The SMILES string of the molecule is CCCCCC1CC(CC)CCC1CNCC(C)C. The Bertz CT molecular complexity index is 212. The molecule has 0 heterocycles. The molecule has 1 heteroatoms. The van der Waals surface area contributed by atoms with Gasteiger partial charge in [0.1, 0.15) is 0 Å². The second-order valence-electron chi connectivity index (χ2n) is 7.16. The van der Waals surface area contributed by atoms with Crippen LogP contribution in [0.25, 0.3) is 0 Å². The van der Waals surface area contributed by atoms with E-state index >= 15 is 0 Å². The van der Waals surface area contributed by atoms with Crippen LogP contribution in [0, 0.1) is 23.7 Å². The zero-order valence-electron chi connectivity index (χ0n) is 13.9. The van der Waals surface area contributed by atoms with E-state index < -0.39 is 0 Å². The van der Waals surface area contributed by atoms with Gasteiger partial charge in [0.2, 0.25) is 0 Å². The molecule has 3 atom stereocenters. The van der Waals surface area contributed by atoms with Crippen LogP contribution in [-0.4, -0.2) is 13.1 Å². The zero-order chi connectivity index (χ0) is 14.1. The van der Waals surface area contributed by atoms with Crippen LogP contribution in [0.1, 0.15) is 79.1 Å². The van der Waals surface area contributed by atoms with Crippen molar-refractivity contribution in [3.05, 3.63) is 0 Å². The summed E-state index contributed by atoms with van der Waals surface area (Å²) in [6, 6.07) is 0. The topological polar surface area (TPSA) is 12.0 Å². The monoisotopic (exact) mass is 267 g/mol. The Morgan fingerprint density at radius 2 is 1.84 bits per heavy atom. The van der Waals surface area contributed by atoms with Crippen molar-refractivity contribution in [3.63, 3.8) is 0 Å². The summed E-state index contributed by atoms with van der Waals surface area (Å²) >= 11 is 0. The van der Waals surface area contributed by atoms with Gasteiger partial charge < -0.3 is 5.32 Å². The van der Waals surface area contributed by atoms with Crippen molar-refractivity contribution >= 4 is 0 Å². The molecule has 0 radical (unpaired) electrons.